The van der Waals surface area contributed by atoms with Gasteiger partial charge in [-0.15, -0.1) is 0 Å². The number of likely N-dealkylation sites (tertiary alicyclic amines) is 1. The number of nitrogens with one attached hydrogen (secondary N) is 1. The Labute approximate surface area is 122 Å². The molecule has 0 aromatic heterocycles. The number of phenols is 1. The van der Waals surface area contributed by atoms with Crippen molar-refractivity contribution < 1.29 is 14.8 Å². The molecule has 1 aromatic carbocycles. The average molecular weight is 293 g/mol. The zero-order valence-electron chi connectivity index (χ0n) is 12.1. The fourth-order valence-electron chi connectivity index (χ4n) is 2.55. The summed E-state index contributed by atoms with van der Waals surface area (Å²) in [5.74, 6) is -0.679. The number of rotatable bonds is 3. The fourth-order valence-corrected chi connectivity index (χ4v) is 2.55. The molecule has 7 nitrogen and oxygen atoms in total. The zero-order valence-corrected chi connectivity index (χ0v) is 12.1. The molecule has 2 atom stereocenters. The summed E-state index contributed by atoms with van der Waals surface area (Å²) in [7, 11) is 2.03. The van der Waals surface area contributed by atoms with Crippen LogP contribution in [0.25, 0.3) is 0 Å². The minimum Gasteiger partial charge on any atom is -0.508 e. The summed E-state index contributed by atoms with van der Waals surface area (Å²) >= 11 is 0. The van der Waals surface area contributed by atoms with Crippen LogP contribution in [0.1, 0.15) is 30.1 Å². The standard InChI is InChI=1S/C14H19N3O4/c1-9-7-10(5-6-16(9)2)15-14(19)12-8-11(18)3-4-13(12)17(20)21/h3-4,8-10,18H,5-7H2,1-2H3,(H,15,19). The third-order valence-electron chi connectivity index (χ3n) is 3.97. The van der Waals surface area contributed by atoms with Crippen LogP contribution in [0, 0.1) is 10.1 Å². The number of phenolic OH excluding ortho intramolecular Hbond substituents is 1. The lowest BCUT2D eigenvalue weighted by Crippen LogP contribution is -2.47. The van der Waals surface area contributed by atoms with Gasteiger partial charge in [-0.3, -0.25) is 14.9 Å². The van der Waals surface area contributed by atoms with E-state index >= 15 is 0 Å². The van der Waals surface area contributed by atoms with Gasteiger partial charge in [0.1, 0.15) is 11.3 Å². The molecule has 1 fully saturated rings. The normalized spacial score (nSPS) is 22.8. The molecule has 1 aliphatic heterocycles. The minimum absolute atomic E-state index is 0.00865. The predicted molar refractivity (Wildman–Crippen MR) is 77.3 cm³/mol. The van der Waals surface area contributed by atoms with Gasteiger partial charge in [0.15, 0.2) is 0 Å². The van der Waals surface area contributed by atoms with E-state index in [0.717, 1.165) is 31.5 Å². The maximum atomic E-state index is 12.2. The number of aromatic hydroxyl groups is 1. The number of hydrogen-bond donors (Lipinski definition) is 2. The minimum atomic E-state index is -0.619. The molecule has 1 amide bonds. The Hall–Kier alpha value is -2.15. The van der Waals surface area contributed by atoms with E-state index in [4.69, 9.17) is 0 Å². The van der Waals surface area contributed by atoms with Gasteiger partial charge in [0.05, 0.1) is 4.92 Å². The van der Waals surface area contributed by atoms with Crippen LogP contribution < -0.4 is 5.32 Å². The molecule has 7 heteroatoms. The summed E-state index contributed by atoms with van der Waals surface area (Å²) in [4.78, 5) is 24.8. The number of amides is 1. The van der Waals surface area contributed by atoms with Crippen LogP contribution in [0.2, 0.25) is 0 Å². The number of benzene rings is 1. The third kappa shape index (κ3) is 3.49. The van der Waals surface area contributed by atoms with Crippen LogP contribution >= 0.6 is 0 Å². The van der Waals surface area contributed by atoms with Crippen molar-refractivity contribution in [3.8, 4) is 5.75 Å². The quantitative estimate of drug-likeness (QED) is 0.650. The van der Waals surface area contributed by atoms with Crippen LogP contribution in [-0.2, 0) is 0 Å². The van der Waals surface area contributed by atoms with Crippen molar-refractivity contribution in [1.29, 1.82) is 0 Å². The van der Waals surface area contributed by atoms with Crippen molar-refractivity contribution in [2.45, 2.75) is 31.8 Å². The number of nitrogens with zero attached hydrogens (tertiary/aromatic N) is 2. The Kier molecular flexibility index (Phi) is 4.42. The van der Waals surface area contributed by atoms with Crippen molar-refractivity contribution in [2.75, 3.05) is 13.6 Å². The predicted octanol–water partition coefficient (Wildman–Crippen LogP) is 1.51. The van der Waals surface area contributed by atoms with Crippen molar-refractivity contribution in [2.24, 2.45) is 0 Å². The maximum Gasteiger partial charge on any atom is 0.282 e. The molecule has 1 aromatic rings. The van der Waals surface area contributed by atoms with Gasteiger partial charge in [-0.1, -0.05) is 0 Å². The Morgan fingerprint density at radius 1 is 1.52 bits per heavy atom. The molecular formula is C14H19N3O4. The molecule has 21 heavy (non-hydrogen) atoms. The Bertz CT molecular complexity index is 561. The lowest BCUT2D eigenvalue weighted by molar-refractivity contribution is -0.385. The zero-order chi connectivity index (χ0) is 15.6. The highest BCUT2D eigenvalue weighted by molar-refractivity contribution is 5.98. The third-order valence-corrected chi connectivity index (χ3v) is 3.97. The van der Waals surface area contributed by atoms with Gasteiger partial charge in [-0.05, 0) is 38.9 Å². The van der Waals surface area contributed by atoms with Crippen LogP contribution in [0.5, 0.6) is 5.75 Å². The highest BCUT2D eigenvalue weighted by Crippen LogP contribution is 2.24. The summed E-state index contributed by atoms with van der Waals surface area (Å²) in [6.45, 7) is 2.95. The summed E-state index contributed by atoms with van der Waals surface area (Å²) in [6, 6.07) is 3.81. The van der Waals surface area contributed by atoms with E-state index in [9.17, 15) is 20.0 Å². The summed E-state index contributed by atoms with van der Waals surface area (Å²) in [5.41, 5.74) is -0.405. The number of carbonyl (C=O) groups excluding carboxylic acids is 1. The first-order chi connectivity index (χ1) is 9.88. The van der Waals surface area contributed by atoms with Crippen molar-refractivity contribution in [3.05, 3.63) is 33.9 Å². The van der Waals surface area contributed by atoms with Gasteiger partial charge in [-0.2, -0.15) is 0 Å². The first kappa shape index (κ1) is 15.2. The van der Waals surface area contributed by atoms with Gasteiger partial charge in [0.25, 0.3) is 11.6 Å². The molecule has 0 aliphatic carbocycles. The highest BCUT2D eigenvalue weighted by atomic mass is 16.6. The van der Waals surface area contributed by atoms with E-state index in [1.165, 1.54) is 6.07 Å². The molecule has 0 saturated carbocycles. The molecule has 1 saturated heterocycles. The number of carbonyl (C=O) groups is 1. The smallest absolute Gasteiger partial charge is 0.282 e. The van der Waals surface area contributed by atoms with E-state index in [1.807, 2.05) is 7.05 Å². The van der Waals surface area contributed by atoms with Gasteiger partial charge < -0.3 is 15.3 Å². The maximum absolute atomic E-state index is 12.2. The number of hydrogen-bond acceptors (Lipinski definition) is 5. The fraction of sp³-hybridized carbons (Fsp3) is 0.500. The van der Waals surface area contributed by atoms with Crippen LogP contribution in [0.15, 0.2) is 18.2 Å². The number of nitro groups is 1. The second-order valence-corrected chi connectivity index (χ2v) is 5.48. The topological polar surface area (TPSA) is 95.7 Å². The lowest BCUT2D eigenvalue weighted by atomic mass is 9.98. The SMILES string of the molecule is CC1CC(NC(=O)c2cc(O)ccc2[N+](=O)[O-])CCN1C. The number of nitro benzene ring substituents is 1. The summed E-state index contributed by atoms with van der Waals surface area (Å²) in [6.07, 6.45) is 1.61. The van der Waals surface area contributed by atoms with Gasteiger partial charge in [0, 0.05) is 24.7 Å². The van der Waals surface area contributed by atoms with Gasteiger partial charge in [-0.25, -0.2) is 0 Å². The Balaban J connectivity index is 2.13. The van der Waals surface area contributed by atoms with Crippen LogP contribution in [0.4, 0.5) is 5.69 Å². The monoisotopic (exact) mass is 293 g/mol. The summed E-state index contributed by atoms with van der Waals surface area (Å²) < 4.78 is 0. The molecule has 1 aliphatic rings. The summed E-state index contributed by atoms with van der Waals surface area (Å²) in [5, 5.41) is 23.2. The molecule has 2 N–H and O–H groups in total. The molecule has 2 unspecified atom stereocenters. The molecule has 0 radical (unpaired) electrons. The van der Waals surface area contributed by atoms with Crippen molar-refractivity contribution in [3.63, 3.8) is 0 Å². The van der Waals surface area contributed by atoms with Crippen LogP contribution in [-0.4, -0.2) is 46.5 Å². The molecule has 114 valence electrons. The van der Waals surface area contributed by atoms with Gasteiger partial charge >= 0.3 is 0 Å². The van der Waals surface area contributed by atoms with Crippen molar-refractivity contribution in [1.82, 2.24) is 10.2 Å². The largest absolute Gasteiger partial charge is 0.508 e. The van der Waals surface area contributed by atoms with Crippen molar-refractivity contribution >= 4 is 11.6 Å². The van der Waals surface area contributed by atoms with E-state index in [2.05, 4.69) is 17.1 Å². The van der Waals surface area contributed by atoms with Gasteiger partial charge in [0.2, 0.25) is 0 Å². The first-order valence-corrected chi connectivity index (χ1v) is 6.87. The molecule has 2 rings (SSSR count). The Morgan fingerprint density at radius 2 is 2.24 bits per heavy atom. The second kappa shape index (κ2) is 6.09. The lowest BCUT2D eigenvalue weighted by Gasteiger charge is -2.35. The molecule has 0 spiro atoms. The number of piperidine rings is 1. The van der Waals surface area contributed by atoms with E-state index in [0.29, 0.717) is 6.04 Å². The first-order valence-electron chi connectivity index (χ1n) is 6.87. The molecular weight excluding hydrogens is 274 g/mol. The van der Waals surface area contributed by atoms with E-state index in [-0.39, 0.29) is 23.0 Å². The van der Waals surface area contributed by atoms with E-state index in [1.54, 1.807) is 0 Å². The Morgan fingerprint density at radius 3 is 2.86 bits per heavy atom. The average Bonchev–Trinajstić information content (AvgIpc) is 2.42. The second-order valence-electron chi connectivity index (χ2n) is 5.48. The molecule has 0 bridgehead atoms. The van der Waals surface area contributed by atoms with Crippen LogP contribution in [0.3, 0.4) is 0 Å². The highest BCUT2D eigenvalue weighted by Gasteiger charge is 2.27. The van der Waals surface area contributed by atoms with E-state index < -0.39 is 10.8 Å². The molecule has 1 heterocycles.